The number of hydrazine groups is 1. The first-order valence-electron chi connectivity index (χ1n) is 8.15. The van der Waals surface area contributed by atoms with Gasteiger partial charge in [0, 0.05) is 17.7 Å². The highest BCUT2D eigenvalue weighted by Crippen LogP contribution is 2.28. The third-order valence-electron chi connectivity index (χ3n) is 4.06. The fourth-order valence-corrected chi connectivity index (χ4v) is 2.80. The lowest BCUT2D eigenvalue weighted by Crippen LogP contribution is -2.49. The van der Waals surface area contributed by atoms with Crippen molar-refractivity contribution in [2.24, 2.45) is 0 Å². The van der Waals surface area contributed by atoms with Gasteiger partial charge in [-0.1, -0.05) is 18.2 Å². The summed E-state index contributed by atoms with van der Waals surface area (Å²) in [5.74, 6) is 0.483. The predicted octanol–water partition coefficient (Wildman–Crippen LogP) is 2.44. The molecule has 1 N–H and O–H groups in total. The molecule has 0 aromatic heterocycles. The van der Waals surface area contributed by atoms with Crippen molar-refractivity contribution in [1.29, 1.82) is 0 Å². The van der Waals surface area contributed by atoms with E-state index in [1.165, 1.54) is 12.1 Å². The molecule has 0 bridgehead atoms. The van der Waals surface area contributed by atoms with Crippen molar-refractivity contribution in [2.75, 3.05) is 20.3 Å². The fraction of sp³-hybridized carbons (Fsp3) is 0.263. The van der Waals surface area contributed by atoms with Crippen LogP contribution in [0.1, 0.15) is 33.2 Å². The highest BCUT2D eigenvalue weighted by Gasteiger charge is 2.25. The van der Waals surface area contributed by atoms with Gasteiger partial charge in [-0.25, -0.2) is 5.01 Å². The first kappa shape index (κ1) is 16.8. The Hall–Kier alpha value is -3.02. The summed E-state index contributed by atoms with van der Waals surface area (Å²) in [6, 6.07) is 12.4. The average Bonchev–Trinajstić information content (AvgIpc) is 2.64. The number of fused-ring (bicyclic) bond motifs is 1. The number of benzene rings is 2. The van der Waals surface area contributed by atoms with Crippen LogP contribution in [0.4, 0.5) is 0 Å². The Morgan fingerprint density at radius 1 is 1.20 bits per heavy atom. The summed E-state index contributed by atoms with van der Waals surface area (Å²) in [4.78, 5) is 25.0. The predicted molar refractivity (Wildman–Crippen MR) is 92.8 cm³/mol. The Morgan fingerprint density at radius 3 is 2.76 bits per heavy atom. The molecular weight excluding hydrogens is 320 g/mol. The van der Waals surface area contributed by atoms with E-state index in [-0.39, 0.29) is 11.8 Å². The molecule has 6 heteroatoms. The van der Waals surface area contributed by atoms with Crippen molar-refractivity contribution in [3.8, 4) is 11.5 Å². The van der Waals surface area contributed by atoms with Crippen LogP contribution in [-0.2, 0) is 6.42 Å². The van der Waals surface area contributed by atoms with Crippen LogP contribution in [0, 0.1) is 0 Å². The smallest absolute Gasteiger partial charge is 0.272 e. The molecule has 2 aromatic rings. The second-order valence-corrected chi connectivity index (χ2v) is 5.60. The van der Waals surface area contributed by atoms with Crippen LogP contribution in [0.2, 0.25) is 0 Å². The Balaban J connectivity index is 1.76. The second-order valence-electron chi connectivity index (χ2n) is 5.60. The fourth-order valence-electron chi connectivity index (χ4n) is 2.80. The second kappa shape index (κ2) is 7.25. The first-order valence-corrected chi connectivity index (χ1v) is 8.15. The van der Waals surface area contributed by atoms with Crippen molar-refractivity contribution in [1.82, 2.24) is 10.4 Å². The van der Waals surface area contributed by atoms with Crippen LogP contribution < -0.4 is 14.9 Å². The summed E-state index contributed by atoms with van der Waals surface area (Å²) < 4.78 is 10.7. The maximum Gasteiger partial charge on any atom is 0.272 e. The zero-order valence-corrected chi connectivity index (χ0v) is 14.2. The molecule has 3 rings (SSSR count). The molecule has 0 spiro atoms. The van der Waals surface area contributed by atoms with Gasteiger partial charge in [0.1, 0.15) is 0 Å². The summed E-state index contributed by atoms with van der Waals surface area (Å²) in [6.07, 6.45) is 0.703. The molecule has 2 aromatic carbocycles. The quantitative estimate of drug-likeness (QED) is 0.908. The lowest BCUT2D eigenvalue weighted by atomic mass is 10.0. The minimum Gasteiger partial charge on any atom is -0.493 e. The number of ether oxygens (including phenoxy) is 2. The zero-order valence-electron chi connectivity index (χ0n) is 14.2. The van der Waals surface area contributed by atoms with Gasteiger partial charge in [-0.3, -0.25) is 15.0 Å². The topological polar surface area (TPSA) is 67.9 Å². The number of carbonyl (C=O) groups excluding carboxylic acids is 2. The molecule has 1 heterocycles. The maximum atomic E-state index is 12.5. The number of amides is 2. The largest absolute Gasteiger partial charge is 0.493 e. The summed E-state index contributed by atoms with van der Waals surface area (Å²) in [6.45, 7) is 2.82. The summed E-state index contributed by atoms with van der Waals surface area (Å²) in [5, 5.41) is 1.35. The Bertz CT molecular complexity index is 804. The average molecular weight is 340 g/mol. The number of nitrogens with one attached hydrogen (secondary N) is 1. The van der Waals surface area contributed by atoms with Crippen LogP contribution in [0.5, 0.6) is 11.5 Å². The summed E-state index contributed by atoms with van der Waals surface area (Å²) in [7, 11) is 1.52. The van der Waals surface area contributed by atoms with Crippen LogP contribution in [0.3, 0.4) is 0 Å². The molecule has 25 heavy (non-hydrogen) atoms. The van der Waals surface area contributed by atoms with Crippen molar-refractivity contribution in [3.63, 3.8) is 0 Å². The Kier molecular flexibility index (Phi) is 4.88. The van der Waals surface area contributed by atoms with E-state index in [1.54, 1.807) is 24.3 Å². The molecule has 6 nitrogen and oxygen atoms in total. The number of rotatable bonds is 5. The van der Waals surface area contributed by atoms with Crippen LogP contribution in [0.25, 0.3) is 0 Å². The van der Waals surface area contributed by atoms with E-state index in [0.717, 1.165) is 5.56 Å². The molecule has 0 radical (unpaired) electrons. The lowest BCUT2D eigenvalue weighted by Gasteiger charge is -2.28. The molecule has 0 unspecified atom stereocenters. The third-order valence-corrected chi connectivity index (χ3v) is 4.06. The molecule has 0 saturated heterocycles. The SMILES string of the molecule is CCOc1ccc(C(=O)NN2CCc3ccccc3C2=O)cc1OC. The van der Waals surface area contributed by atoms with E-state index in [9.17, 15) is 9.59 Å². The number of hydrogen-bond acceptors (Lipinski definition) is 4. The Morgan fingerprint density at radius 2 is 2.00 bits per heavy atom. The molecule has 0 atom stereocenters. The molecule has 1 aliphatic rings. The van der Waals surface area contributed by atoms with Crippen molar-refractivity contribution in [2.45, 2.75) is 13.3 Å². The van der Waals surface area contributed by atoms with Crippen molar-refractivity contribution < 1.29 is 19.1 Å². The molecule has 0 saturated carbocycles. The molecular formula is C19H20N2O4. The van der Waals surface area contributed by atoms with Crippen molar-refractivity contribution in [3.05, 3.63) is 59.2 Å². The standard InChI is InChI=1S/C19H20N2O4/c1-3-25-16-9-8-14(12-17(16)24-2)18(22)20-21-11-10-13-6-4-5-7-15(13)19(21)23/h4-9,12H,3,10-11H2,1-2H3,(H,20,22). The van der Waals surface area contributed by atoms with Crippen LogP contribution >= 0.6 is 0 Å². The van der Waals surface area contributed by atoms with Gasteiger partial charge in [-0.05, 0) is 43.2 Å². The van der Waals surface area contributed by atoms with E-state index in [0.29, 0.717) is 42.2 Å². The number of hydrogen-bond donors (Lipinski definition) is 1. The minimum absolute atomic E-state index is 0.201. The molecule has 130 valence electrons. The number of carbonyl (C=O) groups is 2. The third kappa shape index (κ3) is 3.42. The molecule has 1 aliphatic heterocycles. The van der Waals surface area contributed by atoms with Gasteiger partial charge in [-0.15, -0.1) is 0 Å². The Labute approximate surface area is 146 Å². The summed E-state index contributed by atoms with van der Waals surface area (Å²) >= 11 is 0. The highest BCUT2D eigenvalue weighted by atomic mass is 16.5. The van der Waals surface area contributed by atoms with Gasteiger partial charge in [0.15, 0.2) is 11.5 Å². The number of nitrogens with zero attached hydrogens (tertiary/aromatic N) is 1. The molecule has 2 amide bonds. The number of methoxy groups -OCH3 is 1. The zero-order chi connectivity index (χ0) is 17.8. The van der Waals surface area contributed by atoms with Gasteiger partial charge in [-0.2, -0.15) is 0 Å². The normalized spacial score (nSPS) is 13.2. The van der Waals surface area contributed by atoms with Crippen LogP contribution in [0.15, 0.2) is 42.5 Å². The maximum absolute atomic E-state index is 12.5. The van der Waals surface area contributed by atoms with Gasteiger partial charge >= 0.3 is 0 Å². The summed E-state index contributed by atoms with van der Waals surface area (Å²) in [5.41, 5.74) is 4.70. The van der Waals surface area contributed by atoms with Gasteiger partial charge in [0.2, 0.25) is 0 Å². The molecule has 0 aliphatic carbocycles. The van der Waals surface area contributed by atoms with E-state index in [1.807, 2.05) is 25.1 Å². The molecule has 0 fully saturated rings. The lowest BCUT2D eigenvalue weighted by molar-refractivity contribution is 0.0568. The highest BCUT2D eigenvalue weighted by molar-refractivity contribution is 6.00. The van der Waals surface area contributed by atoms with Crippen LogP contribution in [-0.4, -0.2) is 37.1 Å². The minimum atomic E-state index is -0.367. The van der Waals surface area contributed by atoms with Crippen molar-refractivity contribution >= 4 is 11.8 Å². The first-order chi connectivity index (χ1) is 12.1. The van der Waals surface area contributed by atoms with E-state index in [4.69, 9.17) is 9.47 Å². The van der Waals surface area contributed by atoms with E-state index >= 15 is 0 Å². The van der Waals surface area contributed by atoms with Gasteiger partial charge in [0.05, 0.1) is 13.7 Å². The monoisotopic (exact) mass is 340 g/mol. The van der Waals surface area contributed by atoms with E-state index < -0.39 is 0 Å². The van der Waals surface area contributed by atoms with Gasteiger partial charge < -0.3 is 9.47 Å². The van der Waals surface area contributed by atoms with Gasteiger partial charge in [0.25, 0.3) is 11.8 Å². The van der Waals surface area contributed by atoms with E-state index in [2.05, 4.69) is 5.43 Å².